The zero-order valence-corrected chi connectivity index (χ0v) is 18.0. The van der Waals surface area contributed by atoms with E-state index >= 15 is 0 Å². The molecule has 2 unspecified atom stereocenters. The monoisotopic (exact) mass is 415 g/mol. The van der Waals surface area contributed by atoms with Gasteiger partial charge in [-0.2, -0.15) is 0 Å². The van der Waals surface area contributed by atoms with E-state index in [0.717, 1.165) is 64.6 Å². The van der Waals surface area contributed by atoms with Crippen molar-refractivity contribution in [2.75, 3.05) is 19.6 Å². The van der Waals surface area contributed by atoms with Crippen LogP contribution in [-0.2, 0) is 11.2 Å². The number of nitrogens with two attached hydrogens (primary N) is 1. The van der Waals surface area contributed by atoms with E-state index in [1.165, 1.54) is 5.56 Å². The van der Waals surface area contributed by atoms with E-state index in [4.69, 9.17) is 5.73 Å². The standard InChI is InChI=1S/C21H33N3O.2ClH/c1-21(22)13-6-5-9-19(21)20(25)23-18-11-15-24(16-12-18)14-10-17-7-3-2-4-8-17;;/h2-4,7-8,18-19H,5-6,9-16,22H2,1H3,(H,23,25);2*1H. The number of halogens is 2. The van der Waals surface area contributed by atoms with Gasteiger partial charge in [0.15, 0.2) is 0 Å². The van der Waals surface area contributed by atoms with Gasteiger partial charge in [-0.05, 0) is 44.6 Å². The third-order valence-electron chi connectivity index (χ3n) is 6.06. The number of carbonyl (C=O) groups excluding carboxylic acids is 1. The van der Waals surface area contributed by atoms with E-state index in [9.17, 15) is 4.79 Å². The molecule has 0 bridgehead atoms. The molecule has 2 fully saturated rings. The summed E-state index contributed by atoms with van der Waals surface area (Å²) < 4.78 is 0. The van der Waals surface area contributed by atoms with Gasteiger partial charge >= 0.3 is 0 Å². The molecular weight excluding hydrogens is 381 g/mol. The lowest BCUT2D eigenvalue weighted by molar-refractivity contribution is -0.129. The molecule has 1 aliphatic heterocycles. The minimum atomic E-state index is -0.335. The topological polar surface area (TPSA) is 58.4 Å². The summed E-state index contributed by atoms with van der Waals surface area (Å²) in [6.45, 7) is 5.29. The molecule has 1 aliphatic carbocycles. The molecule has 1 aromatic rings. The van der Waals surface area contributed by atoms with Crippen molar-refractivity contribution in [3.05, 3.63) is 35.9 Å². The summed E-state index contributed by atoms with van der Waals surface area (Å²) in [4.78, 5) is 15.2. The molecular formula is C21H35Cl2N3O. The fraction of sp³-hybridized carbons (Fsp3) is 0.667. The van der Waals surface area contributed by atoms with Crippen molar-refractivity contribution < 1.29 is 4.79 Å². The number of likely N-dealkylation sites (tertiary alicyclic amines) is 1. The molecule has 1 saturated carbocycles. The number of hydrogen-bond donors (Lipinski definition) is 2. The predicted molar refractivity (Wildman–Crippen MR) is 117 cm³/mol. The van der Waals surface area contributed by atoms with Gasteiger partial charge in [-0.1, -0.05) is 43.2 Å². The Morgan fingerprint density at radius 2 is 1.81 bits per heavy atom. The Hall–Kier alpha value is -0.810. The van der Waals surface area contributed by atoms with Crippen LogP contribution in [0.15, 0.2) is 30.3 Å². The highest BCUT2D eigenvalue weighted by molar-refractivity contribution is 5.85. The molecule has 3 rings (SSSR count). The highest BCUT2D eigenvalue weighted by atomic mass is 35.5. The molecule has 6 heteroatoms. The third-order valence-corrected chi connectivity index (χ3v) is 6.06. The van der Waals surface area contributed by atoms with E-state index in [1.807, 2.05) is 6.92 Å². The molecule has 27 heavy (non-hydrogen) atoms. The van der Waals surface area contributed by atoms with Crippen LogP contribution in [0.5, 0.6) is 0 Å². The highest BCUT2D eigenvalue weighted by Crippen LogP contribution is 2.32. The average molecular weight is 416 g/mol. The molecule has 154 valence electrons. The Morgan fingerprint density at radius 1 is 1.15 bits per heavy atom. The Labute approximate surface area is 176 Å². The number of benzene rings is 1. The zero-order valence-electron chi connectivity index (χ0n) is 16.4. The van der Waals surface area contributed by atoms with Crippen LogP contribution in [0.3, 0.4) is 0 Å². The van der Waals surface area contributed by atoms with Crippen LogP contribution in [0.2, 0.25) is 0 Å². The normalized spacial score (nSPS) is 26.5. The first kappa shape index (κ1) is 24.2. The molecule has 4 nitrogen and oxygen atoms in total. The quantitative estimate of drug-likeness (QED) is 0.772. The number of amides is 1. The van der Waals surface area contributed by atoms with Gasteiger partial charge < -0.3 is 16.0 Å². The Kier molecular flexibility index (Phi) is 10.1. The number of piperidine rings is 1. The fourth-order valence-electron chi connectivity index (χ4n) is 4.32. The summed E-state index contributed by atoms with van der Waals surface area (Å²) in [7, 11) is 0. The van der Waals surface area contributed by atoms with E-state index < -0.39 is 0 Å². The zero-order chi connectivity index (χ0) is 17.7. The van der Waals surface area contributed by atoms with E-state index in [2.05, 4.69) is 40.5 Å². The van der Waals surface area contributed by atoms with Crippen LogP contribution in [0.25, 0.3) is 0 Å². The lowest BCUT2D eigenvalue weighted by Gasteiger charge is -2.39. The molecule has 0 spiro atoms. The van der Waals surface area contributed by atoms with Gasteiger partial charge in [-0.3, -0.25) is 4.79 Å². The molecule has 2 aliphatic rings. The first-order chi connectivity index (χ1) is 12.0. The molecule has 0 aromatic heterocycles. The molecule has 3 N–H and O–H groups in total. The van der Waals surface area contributed by atoms with Crippen LogP contribution in [0.1, 0.15) is 51.0 Å². The van der Waals surface area contributed by atoms with Crippen molar-refractivity contribution in [2.45, 2.75) is 63.5 Å². The Bertz CT molecular complexity index is 560. The van der Waals surface area contributed by atoms with E-state index in [0.29, 0.717) is 6.04 Å². The molecule has 1 aromatic carbocycles. The number of nitrogens with one attached hydrogen (secondary N) is 1. The van der Waals surface area contributed by atoms with Crippen LogP contribution >= 0.6 is 24.8 Å². The van der Waals surface area contributed by atoms with Crippen molar-refractivity contribution in [3.63, 3.8) is 0 Å². The van der Waals surface area contributed by atoms with Crippen molar-refractivity contribution >= 4 is 30.7 Å². The Balaban J connectivity index is 0.00000182. The third kappa shape index (κ3) is 6.94. The lowest BCUT2D eigenvalue weighted by atomic mass is 9.74. The number of hydrogen-bond acceptors (Lipinski definition) is 3. The summed E-state index contributed by atoms with van der Waals surface area (Å²) in [6.07, 6.45) is 7.38. The van der Waals surface area contributed by atoms with Crippen LogP contribution in [-0.4, -0.2) is 42.0 Å². The summed E-state index contributed by atoms with van der Waals surface area (Å²) in [5.74, 6) is 0.171. The summed E-state index contributed by atoms with van der Waals surface area (Å²) in [5, 5.41) is 3.29. The van der Waals surface area contributed by atoms with Gasteiger partial charge in [-0.15, -0.1) is 24.8 Å². The highest BCUT2D eigenvalue weighted by Gasteiger charge is 2.38. The van der Waals surface area contributed by atoms with Gasteiger partial charge in [0.05, 0.1) is 5.92 Å². The molecule has 1 saturated heterocycles. The number of rotatable bonds is 5. The van der Waals surface area contributed by atoms with Crippen LogP contribution in [0, 0.1) is 5.92 Å². The first-order valence-corrected chi connectivity index (χ1v) is 9.90. The SMILES string of the molecule is CC1(N)CCCCC1C(=O)NC1CCN(CCc2ccccc2)CC1.Cl.Cl. The maximum absolute atomic E-state index is 12.7. The van der Waals surface area contributed by atoms with Crippen molar-refractivity contribution in [2.24, 2.45) is 11.7 Å². The van der Waals surface area contributed by atoms with Gasteiger partial charge in [0, 0.05) is 31.2 Å². The Morgan fingerprint density at radius 3 is 2.44 bits per heavy atom. The van der Waals surface area contributed by atoms with Crippen molar-refractivity contribution in [1.82, 2.24) is 10.2 Å². The first-order valence-electron chi connectivity index (χ1n) is 9.90. The largest absolute Gasteiger partial charge is 0.353 e. The predicted octanol–water partition coefficient (Wildman–Crippen LogP) is 3.56. The molecule has 1 amide bonds. The second kappa shape index (κ2) is 11.3. The number of nitrogens with zero attached hydrogens (tertiary/aromatic N) is 1. The van der Waals surface area contributed by atoms with Gasteiger partial charge in [0.1, 0.15) is 0 Å². The van der Waals surface area contributed by atoms with Crippen LogP contribution < -0.4 is 11.1 Å². The maximum atomic E-state index is 12.7. The van der Waals surface area contributed by atoms with Gasteiger partial charge in [0.25, 0.3) is 0 Å². The minimum Gasteiger partial charge on any atom is -0.353 e. The second-order valence-electron chi connectivity index (χ2n) is 8.16. The van der Waals surface area contributed by atoms with E-state index in [1.54, 1.807) is 0 Å². The molecule has 0 radical (unpaired) electrons. The van der Waals surface area contributed by atoms with E-state index in [-0.39, 0.29) is 42.2 Å². The van der Waals surface area contributed by atoms with Gasteiger partial charge in [-0.25, -0.2) is 0 Å². The lowest BCUT2D eigenvalue weighted by Crippen LogP contribution is -2.55. The molecule has 1 heterocycles. The molecule has 2 atom stereocenters. The average Bonchev–Trinajstić information content (AvgIpc) is 2.61. The second-order valence-corrected chi connectivity index (χ2v) is 8.16. The summed E-state index contributed by atoms with van der Waals surface area (Å²) in [6, 6.07) is 11.0. The van der Waals surface area contributed by atoms with Crippen LogP contribution in [0.4, 0.5) is 0 Å². The maximum Gasteiger partial charge on any atom is 0.225 e. The van der Waals surface area contributed by atoms with Gasteiger partial charge in [0.2, 0.25) is 5.91 Å². The van der Waals surface area contributed by atoms with Crippen molar-refractivity contribution in [3.8, 4) is 0 Å². The minimum absolute atomic E-state index is 0. The number of carbonyl (C=O) groups is 1. The van der Waals surface area contributed by atoms with Crippen molar-refractivity contribution in [1.29, 1.82) is 0 Å². The fourth-order valence-corrected chi connectivity index (χ4v) is 4.32. The summed E-state index contributed by atoms with van der Waals surface area (Å²) in [5.41, 5.74) is 7.44. The summed E-state index contributed by atoms with van der Waals surface area (Å²) >= 11 is 0. The smallest absolute Gasteiger partial charge is 0.225 e.